The van der Waals surface area contributed by atoms with Crippen LogP contribution in [0.2, 0.25) is 0 Å². The Morgan fingerprint density at radius 3 is 2.67 bits per heavy atom. The number of carbonyl (C=O) groups is 2. The van der Waals surface area contributed by atoms with Gasteiger partial charge in [-0.2, -0.15) is 0 Å². The maximum absolute atomic E-state index is 11.1. The zero-order valence-electron chi connectivity index (χ0n) is 8.14. The molecular formula is C10H11NO4. The summed E-state index contributed by atoms with van der Waals surface area (Å²) < 4.78 is 4.50. The number of carboxylic acids is 1. The van der Waals surface area contributed by atoms with Crippen molar-refractivity contribution in [2.24, 2.45) is 5.73 Å². The van der Waals surface area contributed by atoms with E-state index in [0.717, 1.165) is 0 Å². The number of carbonyl (C=O) groups excluding carboxylic acids is 1. The molecule has 15 heavy (non-hydrogen) atoms. The number of hydrogen-bond donors (Lipinski definition) is 2. The SMILES string of the molecule is COC(=O)c1cccc([C@@H](N)C(=O)O)c1. The zero-order chi connectivity index (χ0) is 11.4. The Labute approximate surface area is 86.5 Å². The molecule has 0 amide bonds. The lowest BCUT2D eigenvalue weighted by molar-refractivity contribution is -0.138. The first-order valence-electron chi connectivity index (χ1n) is 4.23. The van der Waals surface area contributed by atoms with Crippen molar-refractivity contribution in [1.82, 2.24) is 0 Å². The van der Waals surface area contributed by atoms with Gasteiger partial charge < -0.3 is 15.6 Å². The van der Waals surface area contributed by atoms with Crippen molar-refractivity contribution in [2.45, 2.75) is 6.04 Å². The van der Waals surface area contributed by atoms with Gasteiger partial charge in [0.05, 0.1) is 12.7 Å². The molecule has 0 aliphatic carbocycles. The van der Waals surface area contributed by atoms with Gasteiger partial charge in [-0.3, -0.25) is 4.79 Å². The number of hydrogen-bond acceptors (Lipinski definition) is 4. The average Bonchev–Trinajstić information content (AvgIpc) is 2.27. The van der Waals surface area contributed by atoms with E-state index in [2.05, 4.69) is 4.74 Å². The topological polar surface area (TPSA) is 89.6 Å². The highest BCUT2D eigenvalue weighted by Crippen LogP contribution is 2.13. The van der Waals surface area contributed by atoms with Crippen LogP contribution in [0.1, 0.15) is 22.0 Å². The molecule has 80 valence electrons. The van der Waals surface area contributed by atoms with Crippen LogP contribution in [0.4, 0.5) is 0 Å². The molecule has 1 atom stereocenters. The lowest BCUT2D eigenvalue weighted by Gasteiger charge is -2.07. The molecule has 0 unspecified atom stereocenters. The fourth-order valence-electron chi connectivity index (χ4n) is 1.12. The lowest BCUT2D eigenvalue weighted by atomic mass is 10.0. The minimum absolute atomic E-state index is 0.284. The van der Waals surface area contributed by atoms with Crippen LogP contribution >= 0.6 is 0 Å². The normalized spacial score (nSPS) is 11.9. The molecule has 0 aliphatic heterocycles. The van der Waals surface area contributed by atoms with E-state index < -0.39 is 18.0 Å². The molecule has 0 bridgehead atoms. The van der Waals surface area contributed by atoms with E-state index in [1.165, 1.54) is 19.2 Å². The summed E-state index contributed by atoms with van der Waals surface area (Å²) in [5, 5.41) is 8.68. The van der Waals surface area contributed by atoms with Crippen LogP contribution in [-0.2, 0) is 9.53 Å². The van der Waals surface area contributed by atoms with Crippen molar-refractivity contribution in [3.63, 3.8) is 0 Å². The summed E-state index contributed by atoms with van der Waals surface area (Å²) in [6, 6.07) is 4.92. The average molecular weight is 209 g/mol. The van der Waals surface area contributed by atoms with E-state index in [0.29, 0.717) is 5.56 Å². The maximum atomic E-state index is 11.1. The predicted molar refractivity (Wildman–Crippen MR) is 52.3 cm³/mol. The van der Waals surface area contributed by atoms with E-state index in [4.69, 9.17) is 10.8 Å². The van der Waals surface area contributed by atoms with Crippen LogP contribution in [0.25, 0.3) is 0 Å². The molecule has 0 aliphatic rings. The molecule has 0 heterocycles. The molecule has 0 spiro atoms. The smallest absolute Gasteiger partial charge is 0.337 e. The van der Waals surface area contributed by atoms with E-state index in [9.17, 15) is 9.59 Å². The Hall–Kier alpha value is -1.88. The van der Waals surface area contributed by atoms with Crippen LogP contribution in [0, 0.1) is 0 Å². The number of rotatable bonds is 3. The van der Waals surface area contributed by atoms with Gasteiger partial charge in [-0.05, 0) is 17.7 Å². The molecule has 1 rings (SSSR count). The van der Waals surface area contributed by atoms with Gasteiger partial charge in [0.25, 0.3) is 0 Å². The Kier molecular flexibility index (Phi) is 3.41. The summed E-state index contributed by atoms with van der Waals surface area (Å²) in [6.45, 7) is 0. The quantitative estimate of drug-likeness (QED) is 0.710. The molecule has 0 aromatic heterocycles. The van der Waals surface area contributed by atoms with Crippen LogP contribution in [0.5, 0.6) is 0 Å². The Bertz CT molecular complexity index is 389. The number of aliphatic carboxylic acids is 1. The van der Waals surface area contributed by atoms with Crippen molar-refractivity contribution >= 4 is 11.9 Å². The molecule has 3 N–H and O–H groups in total. The van der Waals surface area contributed by atoms with E-state index in [1.54, 1.807) is 12.1 Å². The first-order chi connectivity index (χ1) is 7.06. The lowest BCUT2D eigenvalue weighted by Crippen LogP contribution is -2.21. The first-order valence-corrected chi connectivity index (χ1v) is 4.23. The molecule has 5 nitrogen and oxygen atoms in total. The predicted octanol–water partition coefficient (Wildman–Crippen LogP) is 0.558. The third kappa shape index (κ3) is 2.54. The summed E-state index contributed by atoms with van der Waals surface area (Å²) in [5.41, 5.74) is 6.05. The maximum Gasteiger partial charge on any atom is 0.337 e. The Balaban J connectivity index is 3.02. The molecule has 0 saturated heterocycles. The van der Waals surface area contributed by atoms with E-state index in [1.807, 2.05) is 0 Å². The highest BCUT2D eigenvalue weighted by Gasteiger charge is 2.15. The second kappa shape index (κ2) is 4.56. The minimum Gasteiger partial charge on any atom is -0.480 e. The first kappa shape index (κ1) is 11.2. The van der Waals surface area contributed by atoms with Crippen LogP contribution in [0.15, 0.2) is 24.3 Å². The third-order valence-electron chi connectivity index (χ3n) is 1.93. The van der Waals surface area contributed by atoms with Gasteiger partial charge >= 0.3 is 11.9 Å². The number of esters is 1. The zero-order valence-corrected chi connectivity index (χ0v) is 8.14. The number of carboxylic acid groups (broad SMARTS) is 1. The monoisotopic (exact) mass is 209 g/mol. The van der Waals surface area contributed by atoms with Crippen LogP contribution in [-0.4, -0.2) is 24.2 Å². The van der Waals surface area contributed by atoms with Gasteiger partial charge in [-0.1, -0.05) is 12.1 Å². The van der Waals surface area contributed by atoms with Crippen molar-refractivity contribution in [3.8, 4) is 0 Å². The summed E-state index contributed by atoms with van der Waals surface area (Å²) in [6.07, 6.45) is 0. The second-order valence-electron chi connectivity index (χ2n) is 2.93. The van der Waals surface area contributed by atoms with Gasteiger partial charge in [0.1, 0.15) is 6.04 Å². The van der Waals surface area contributed by atoms with Gasteiger partial charge in [0.2, 0.25) is 0 Å². The van der Waals surface area contributed by atoms with Crippen LogP contribution < -0.4 is 5.73 Å². The molecule has 0 saturated carbocycles. The molecule has 5 heteroatoms. The van der Waals surface area contributed by atoms with Gasteiger partial charge in [0.15, 0.2) is 0 Å². The van der Waals surface area contributed by atoms with E-state index in [-0.39, 0.29) is 5.56 Å². The number of methoxy groups -OCH3 is 1. The van der Waals surface area contributed by atoms with Crippen molar-refractivity contribution in [1.29, 1.82) is 0 Å². The molecule has 0 radical (unpaired) electrons. The second-order valence-corrected chi connectivity index (χ2v) is 2.93. The Morgan fingerprint density at radius 2 is 2.13 bits per heavy atom. The fraction of sp³-hybridized carbons (Fsp3) is 0.200. The summed E-state index contributed by atoms with van der Waals surface area (Å²) >= 11 is 0. The number of ether oxygens (including phenoxy) is 1. The molecule has 0 fully saturated rings. The van der Waals surface area contributed by atoms with Gasteiger partial charge in [-0.25, -0.2) is 4.79 Å². The van der Waals surface area contributed by atoms with E-state index >= 15 is 0 Å². The summed E-state index contributed by atoms with van der Waals surface area (Å²) in [4.78, 5) is 21.8. The minimum atomic E-state index is -1.14. The third-order valence-corrected chi connectivity index (χ3v) is 1.93. The standard InChI is InChI=1S/C10H11NO4/c1-15-10(14)7-4-2-3-6(5-7)8(11)9(12)13/h2-5,8H,11H2,1H3,(H,12,13)/t8-/m1/s1. The van der Waals surface area contributed by atoms with Crippen molar-refractivity contribution in [2.75, 3.05) is 7.11 Å². The van der Waals surface area contributed by atoms with Crippen LogP contribution in [0.3, 0.4) is 0 Å². The number of benzene rings is 1. The fourth-order valence-corrected chi connectivity index (χ4v) is 1.12. The number of nitrogens with two attached hydrogens (primary N) is 1. The molecule has 1 aromatic carbocycles. The van der Waals surface area contributed by atoms with Gasteiger partial charge in [-0.15, -0.1) is 0 Å². The Morgan fingerprint density at radius 1 is 1.47 bits per heavy atom. The highest BCUT2D eigenvalue weighted by molar-refractivity contribution is 5.90. The summed E-state index contributed by atoms with van der Waals surface area (Å²) in [5.74, 6) is -1.66. The molecular weight excluding hydrogens is 198 g/mol. The van der Waals surface area contributed by atoms with Gasteiger partial charge in [0, 0.05) is 0 Å². The highest BCUT2D eigenvalue weighted by atomic mass is 16.5. The van der Waals surface area contributed by atoms with Crippen molar-refractivity contribution < 1.29 is 19.4 Å². The molecule has 1 aromatic rings. The summed E-state index contributed by atoms with van der Waals surface area (Å²) in [7, 11) is 1.26. The largest absolute Gasteiger partial charge is 0.480 e. The van der Waals surface area contributed by atoms with Crippen molar-refractivity contribution in [3.05, 3.63) is 35.4 Å².